The number of methoxy groups -OCH3 is 1. The Morgan fingerprint density at radius 3 is 1.26 bits per heavy atom. The zero-order chi connectivity index (χ0) is 53.9. The topological polar surface area (TPSA) is 86.6 Å². The number of hydrogen-bond donors (Lipinski definition) is 0. The average Bonchev–Trinajstić information content (AvgIpc) is 4.13. The lowest BCUT2D eigenvalue weighted by atomic mass is 10.0. The predicted octanol–water partition coefficient (Wildman–Crippen LogP) is 18.2. The Morgan fingerprint density at radius 1 is 0.382 bits per heavy atom. The van der Waals surface area contributed by atoms with Crippen LogP contribution in [0.2, 0.25) is 0 Å². The number of para-hydroxylation sites is 1. The van der Waals surface area contributed by atoms with Crippen LogP contribution in [0, 0.1) is 66.1 Å². The quantitative estimate of drug-likeness (QED) is 0.0953. The van der Waals surface area contributed by atoms with Crippen molar-refractivity contribution in [1.82, 2.24) is 29.9 Å². The highest BCUT2D eigenvalue weighted by Crippen LogP contribution is 2.53. The number of pyridine rings is 6. The summed E-state index contributed by atoms with van der Waals surface area (Å²) < 4.78 is 5.10. The molecule has 0 unspecified atom stereocenters. The van der Waals surface area contributed by atoms with E-state index in [1.807, 2.05) is 49.1 Å². The molecule has 12 rings (SSSR count). The van der Waals surface area contributed by atoms with Crippen LogP contribution in [0.15, 0.2) is 128 Å². The van der Waals surface area contributed by atoms with Gasteiger partial charge in [0.1, 0.15) is 5.75 Å². The minimum atomic E-state index is 0.696. The summed E-state index contributed by atoms with van der Waals surface area (Å²) in [6.07, 6.45) is 20.9. The van der Waals surface area contributed by atoms with Crippen molar-refractivity contribution >= 4 is 21.9 Å². The molecule has 0 amide bonds. The fourth-order valence-corrected chi connectivity index (χ4v) is 11.9. The van der Waals surface area contributed by atoms with Gasteiger partial charge in [0.25, 0.3) is 0 Å². The number of fused-ring (bicyclic) bond motifs is 2. The molecular weight excluding hydrogens is 929 g/mol. The summed E-state index contributed by atoms with van der Waals surface area (Å²) in [4.78, 5) is 27.2. The summed E-state index contributed by atoms with van der Waals surface area (Å²) in [5.74, 6) is 13.0. The van der Waals surface area contributed by atoms with Gasteiger partial charge in [0.2, 0.25) is 0 Å². The van der Waals surface area contributed by atoms with E-state index in [1.54, 1.807) is 7.11 Å². The van der Waals surface area contributed by atoms with Crippen molar-refractivity contribution in [2.75, 3.05) is 7.11 Å². The van der Waals surface area contributed by atoms with Gasteiger partial charge < -0.3 is 4.74 Å². The van der Waals surface area contributed by atoms with Crippen LogP contribution in [-0.4, -0.2) is 37.0 Å². The first-order valence-electron chi connectivity index (χ1n) is 29.5. The van der Waals surface area contributed by atoms with E-state index in [0.717, 1.165) is 99.2 Å². The predicted molar refractivity (Wildman–Crippen MR) is 317 cm³/mol. The van der Waals surface area contributed by atoms with E-state index in [-0.39, 0.29) is 0 Å². The Hall–Kier alpha value is -5.56. The number of nitrogens with zero attached hydrogens (tertiary/aromatic N) is 6. The molecule has 0 aliphatic heterocycles. The van der Waals surface area contributed by atoms with E-state index >= 15 is 0 Å². The zero-order valence-corrected chi connectivity index (χ0v) is 48.4. The van der Waals surface area contributed by atoms with Gasteiger partial charge in [0, 0.05) is 82.0 Å². The van der Waals surface area contributed by atoms with Gasteiger partial charge in [0.15, 0.2) is 0 Å². The molecule has 6 heterocycles. The summed E-state index contributed by atoms with van der Waals surface area (Å²) in [7, 11) is 1.68. The Morgan fingerprint density at radius 2 is 0.803 bits per heavy atom. The van der Waals surface area contributed by atoms with E-state index < -0.39 is 0 Å². The van der Waals surface area contributed by atoms with Crippen LogP contribution in [0.5, 0.6) is 5.75 Å². The van der Waals surface area contributed by atoms with E-state index in [2.05, 4.69) is 175 Å². The summed E-state index contributed by atoms with van der Waals surface area (Å²) in [6, 6.07) is 35.8. The number of aryl methyl sites for hydroxylation is 1. The molecule has 6 aromatic heterocycles. The van der Waals surface area contributed by atoms with Gasteiger partial charge in [-0.25, -0.2) is 0 Å². The lowest BCUT2D eigenvalue weighted by molar-refractivity contribution is 0.412. The Bertz CT molecular complexity index is 2740. The molecule has 7 aromatic rings. The van der Waals surface area contributed by atoms with Crippen LogP contribution in [0.4, 0.5) is 0 Å². The highest BCUT2D eigenvalue weighted by Gasteiger charge is 2.42. The van der Waals surface area contributed by atoms with Gasteiger partial charge in [-0.2, -0.15) is 0 Å². The fraction of sp³-hybridized carbons (Fsp3) is 0.536. The van der Waals surface area contributed by atoms with Crippen LogP contribution in [0.1, 0.15) is 197 Å². The summed E-state index contributed by atoms with van der Waals surface area (Å²) >= 11 is 0. The van der Waals surface area contributed by atoms with Crippen LogP contribution >= 0.6 is 0 Å². The van der Waals surface area contributed by atoms with Crippen LogP contribution in [0.3, 0.4) is 0 Å². The smallest absolute Gasteiger partial charge is 0.137 e. The van der Waals surface area contributed by atoms with Crippen molar-refractivity contribution in [2.45, 2.75) is 170 Å². The van der Waals surface area contributed by atoms with E-state index in [9.17, 15) is 0 Å². The Balaban J connectivity index is 0.000000126. The first-order valence-corrected chi connectivity index (χ1v) is 29.5. The average molecular weight is 1020 g/mol. The fourth-order valence-electron chi connectivity index (χ4n) is 11.9. The number of ether oxygens (including phenoxy) is 1. The molecule has 0 radical (unpaired) electrons. The van der Waals surface area contributed by atoms with E-state index in [1.165, 1.54) is 104 Å². The highest BCUT2D eigenvalue weighted by atomic mass is 16.5. The summed E-state index contributed by atoms with van der Waals surface area (Å²) in [6.45, 7) is 25.1. The van der Waals surface area contributed by atoms with Crippen molar-refractivity contribution in [1.29, 1.82) is 0 Å². The molecule has 0 saturated heterocycles. The maximum absolute atomic E-state index is 5.10. The first kappa shape index (κ1) is 56.6. The normalized spacial score (nSPS) is 24.4. The monoisotopic (exact) mass is 1020 g/mol. The van der Waals surface area contributed by atoms with E-state index in [0.29, 0.717) is 11.8 Å². The standard InChI is InChI=1S/C16H19N.C15H18N2.C13H19NO.C13H19N.C12H17N/c1-11(2)9-13-10-14(13)16-8-7-12-5-3-4-6-15(12)17-16;1-10(2)8-11-9-12(11)13-5-6-14-15(17-13)4-3-7-16-14;1-9(2)6-10-7-12(10)13-5-4-11(15-3)8-14-13;1-9(2)6-11-7-12(11)13-5-4-10(3)8-14-13;1-9(2)7-10-8-11(10)12-5-3-4-6-13-12/h3-8,11,13-14H,9-10H2,1-2H3;3-7,10-12H,8-9H2,1-2H3;4-5,8-10,12H,6-7H2,1-3H3;4-5,8-9,11-12H,6-7H2,1-3H3;3-6,9-11H,7-8H2,1-2H3/t13-,14-;11-,12-;10-,12-;11-,12-;10-,11-/m00000/s1. The van der Waals surface area contributed by atoms with Crippen molar-refractivity contribution in [3.63, 3.8) is 0 Å². The summed E-state index contributed by atoms with van der Waals surface area (Å²) in [5, 5.41) is 1.25. The molecule has 0 spiro atoms. The number of benzene rings is 1. The largest absolute Gasteiger partial charge is 0.495 e. The second kappa shape index (κ2) is 26.7. The molecule has 404 valence electrons. The maximum atomic E-state index is 5.10. The van der Waals surface area contributed by atoms with Crippen LogP contribution in [-0.2, 0) is 0 Å². The van der Waals surface area contributed by atoms with Crippen molar-refractivity contribution in [3.05, 3.63) is 162 Å². The lowest BCUT2D eigenvalue weighted by Crippen LogP contribution is -1.93. The second-order valence-corrected chi connectivity index (χ2v) is 25.5. The number of aromatic nitrogens is 6. The van der Waals surface area contributed by atoms with Gasteiger partial charge in [-0.3, -0.25) is 29.9 Å². The van der Waals surface area contributed by atoms with Crippen molar-refractivity contribution in [3.8, 4) is 5.75 Å². The molecule has 1 aromatic carbocycles. The van der Waals surface area contributed by atoms with Gasteiger partial charge >= 0.3 is 0 Å². The molecule has 7 heteroatoms. The lowest BCUT2D eigenvalue weighted by Gasteiger charge is -2.04. The third-order valence-electron chi connectivity index (χ3n) is 16.1. The molecule has 7 nitrogen and oxygen atoms in total. The highest BCUT2D eigenvalue weighted by molar-refractivity contribution is 5.78. The zero-order valence-electron chi connectivity index (χ0n) is 48.4. The maximum Gasteiger partial charge on any atom is 0.137 e. The number of rotatable bonds is 16. The van der Waals surface area contributed by atoms with E-state index in [4.69, 9.17) is 14.7 Å². The molecule has 5 aliphatic carbocycles. The SMILES string of the molecule is CC(C)C[C@H]1C[C@@H]1c1ccc2ccccc2n1.CC(C)C[C@H]1C[C@@H]1c1ccc2ncccc2n1.CC(C)C[C@H]1C[C@@H]1c1ccccn1.COc1ccc([C@H]2C[C@@H]2CC(C)C)nc1.Cc1ccc([C@H]2C[C@@H]2CC(C)C)nc1. The molecule has 0 N–H and O–H groups in total. The third-order valence-corrected chi connectivity index (χ3v) is 16.1. The Labute approximate surface area is 458 Å². The summed E-state index contributed by atoms with van der Waals surface area (Å²) in [5.41, 5.74) is 10.8. The Kier molecular flexibility index (Phi) is 19.9. The number of hydrogen-bond acceptors (Lipinski definition) is 7. The minimum absolute atomic E-state index is 0.696. The van der Waals surface area contributed by atoms with Crippen molar-refractivity contribution < 1.29 is 4.74 Å². The van der Waals surface area contributed by atoms with Gasteiger partial charge in [-0.1, -0.05) is 106 Å². The van der Waals surface area contributed by atoms with Gasteiger partial charge in [0.05, 0.1) is 29.9 Å². The molecule has 10 atom stereocenters. The van der Waals surface area contributed by atoms with Crippen LogP contribution in [0.25, 0.3) is 21.9 Å². The molecule has 76 heavy (non-hydrogen) atoms. The second-order valence-electron chi connectivity index (χ2n) is 25.5. The van der Waals surface area contributed by atoms with Gasteiger partial charge in [-0.15, -0.1) is 0 Å². The minimum Gasteiger partial charge on any atom is -0.495 e. The third kappa shape index (κ3) is 17.2. The molecule has 0 bridgehead atoms. The molecule has 5 fully saturated rings. The van der Waals surface area contributed by atoms with Crippen LogP contribution < -0.4 is 4.74 Å². The molecule has 5 aliphatic rings. The first-order chi connectivity index (χ1) is 36.6. The van der Waals surface area contributed by atoms with Gasteiger partial charge in [-0.05, 0) is 203 Å². The molecule has 5 saturated carbocycles. The van der Waals surface area contributed by atoms with Crippen molar-refractivity contribution in [2.24, 2.45) is 59.2 Å². The molecular formula is C69H92N6O.